The Labute approximate surface area is 226 Å². The van der Waals surface area contributed by atoms with Gasteiger partial charge in [0, 0.05) is 40.7 Å². The zero-order chi connectivity index (χ0) is 26.9. The highest BCUT2D eigenvalue weighted by Gasteiger charge is 2.32. The first-order valence-corrected chi connectivity index (χ1v) is 12.7. The maximum atomic E-state index is 13.8. The Morgan fingerprint density at radius 1 is 1.00 bits per heavy atom. The molecule has 0 saturated heterocycles. The van der Waals surface area contributed by atoms with Crippen LogP contribution in [-0.4, -0.2) is 33.7 Å². The Kier molecular flexibility index (Phi) is 10.1. The van der Waals surface area contributed by atoms with Gasteiger partial charge in [0.05, 0.1) is 11.3 Å². The van der Waals surface area contributed by atoms with Gasteiger partial charge in [-0.15, -0.1) is 0 Å². The number of hydrogen-bond acceptors (Lipinski definition) is 4. The molecule has 2 atom stereocenters. The van der Waals surface area contributed by atoms with Crippen molar-refractivity contribution in [1.82, 2.24) is 10.2 Å². The van der Waals surface area contributed by atoms with E-state index in [0.717, 1.165) is 12.0 Å². The average molecular weight is 542 g/mol. The first-order chi connectivity index (χ1) is 17.7. The third kappa shape index (κ3) is 7.78. The quantitative estimate of drug-likeness (QED) is 0.238. The Bertz CT molecular complexity index is 1250. The van der Waals surface area contributed by atoms with Crippen molar-refractivity contribution in [1.29, 1.82) is 0 Å². The molecule has 3 aromatic carbocycles. The summed E-state index contributed by atoms with van der Waals surface area (Å²) in [4.78, 5) is 39.9. The highest BCUT2D eigenvalue weighted by molar-refractivity contribution is 6.35. The van der Waals surface area contributed by atoms with Gasteiger partial charge in [0.2, 0.25) is 11.8 Å². The lowest BCUT2D eigenvalue weighted by Gasteiger charge is -2.32. The van der Waals surface area contributed by atoms with Gasteiger partial charge in [-0.05, 0) is 36.6 Å². The zero-order valence-corrected chi connectivity index (χ0v) is 22.2. The first-order valence-electron chi connectivity index (χ1n) is 12.0. The van der Waals surface area contributed by atoms with Gasteiger partial charge in [0.1, 0.15) is 6.04 Å². The van der Waals surface area contributed by atoms with E-state index in [2.05, 4.69) is 5.32 Å². The Hall–Kier alpha value is -3.42. The van der Waals surface area contributed by atoms with Crippen LogP contribution in [0.25, 0.3) is 0 Å². The van der Waals surface area contributed by atoms with Crippen LogP contribution in [0.1, 0.15) is 37.0 Å². The molecule has 2 amide bonds. The molecule has 0 unspecified atom stereocenters. The summed E-state index contributed by atoms with van der Waals surface area (Å²) in [6.07, 6.45) is 0.734. The lowest BCUT2D eigenvalue weighted by molar-refractivity contribution is -0.385. The highest BCUT2D eigenvalue weighted by Crippen LogP contribution is 2.26. The maximum absolute atomic E-state index is 13.8. The van der Waals surface area contributed by atoms with E-state index in [1.807, 2.05) is 44.2 Å². The Morgan fingerprint density at radius 3 is 2.32 bits per heavy atom. The largest absolute Gasteiger partial charge is 0.352 e. The van der Waals surface area contributed by atoms with Gasteiger partial charge in [0.25, 0.3) is 5.69 Å². The number of benzene rings is 3. The Balaban J connectivity index is 2.05. The summed E-state index contributed by atoms with van der Waals surface area (Å²) in [6, 6.07) is 19.5. The molecule has 37 heavy (non-hydrogen) atoms. The topological polar surface area (TPSA) is 92.6 Å². The predicted octanol–water partition coefficient (Wildman–Crippen LogP) is 6.00. The van der Waals surface area contributed by atoms with E-state index in [1.165, 1.54) is 11.0 Å². The van der Waals surface area contributed by atoms with Gasteiger partial charge in [-0.1, -0.05) is 84.7 Å². The molecule has 0 radical (unpaired) electrons. The fourth-order valence-corrected chi connectivity index (χ4v) is 4.40. The molecule has 1 N–H and O–H groups in total. The van der Waals surface area contributed by atoms with Crippen LogP contribution in [0.3, 0.4) is 0 Å². The number of halogens is 2. The van der Waals surface area contributed by atoms with E-state index in [1.54, 1.807) is 36.4 Å². The summed E-state index contributed by atoms with van der Waals surface area (Å²) in [5.74, 6) is -0.736. The molecule has 0 bridgehead atoms. The molecule has 0 aromatic heterocycles. The number of carbonyl (C=O) groups is 2. The van der Waals surface area contributed by atoms with E-state index in [0.29, 0.717) is 15.6 Å². The van der Waals surface area contributed by atoms with Crippen molar-refractivity contribution in [2.45, 2.75) is 51.7 Å². The number of amides is 2. The van der Waals surface area contributed by atoms with Crippen molar-refractivity contribution in [2.75, 3.05) is 0 Å². The van der Waals surface area contributed by atoms with Crippen LogP contribution in [-0.2, 0) is 29.0 Å². The van der Waals surface area contributed by atoms with E-state index >= 15 is 0 Å². The minimum Gasteiger partial charge on any atom is -0.352 e. The molecule has 0 spiro atoms. The van der Waals surface area contributed by atoms with Gasteiger partial charge < -0.3 is 10.2 Å². The van der Waals surface area contributed by atoms with Crippen LogP contribution < -0.4 is 5.32 Å². The third-order valence-electron chi connectivity index (χ3n) is 6.16. The minimum atomic E-state index is -0.876. The molecule has 3 aromatic rings. The van der Waals surface area contributed by atoms with Crippen molar-refractivity contribution >= 4 is 40.7 Å². The van der Waals surface area contributed by atoms with E-state index < -0.39 is 16.9 Å². The number of hydrogen-bond donors (Lipinski definition) is 1. The maximum Gasteiger partial charge on any atom is 0.273 e. The van der Waals surface area contributed by atoms with Gasteiger partial charge in [-0.3, -0.25) is 19.7 Å². The minimum absolute atomic E-state index is 0.0287. The number of carbonyl (C=O) groups excluding carboxylic acids is 2. The van der Waals surface area contributed by atoms with Gasteiger partial charge >= 0.3 is 0 Å². The fourth-order valence-electron chi connectivity index (χ4n) is 3.93. The fraction of sp³-hybridized carbons (Fsp3) is 0.286. The van der Waals surface area contributed by atoms with Crippen LogP contribution in [0.15, 0.2) is 72.8 Å². The Morgan fingerprint density at radius 2 is 1.68 bits per heavy atom. The molecule has 0 saturated carbocycles. The molecule has 0 aliphatic rings. The lowest BCUT2D eigenvalue weighted by Crippen LogP contribution is -2.52. The summed E-state index contributed by atoms with van der Waals surface area (Å²) in [6.45, 7) is 3.88. The average Bonchev–Trinajstić information content (AvgIpc) is 2.87. The van der Waals surface area contributed by atoms with Gasteiger partial charge in [0.15, 0.2) is 0 Å². The smallest absolute Gasteiger partial charge is 0.273 e. The van der Waals surface area contributed by atoms with E-state index in [4.69, 9.17) is 23.2 Å². The number of nitro groups is 1. The van der Waals surface area contributed by atoms with Crippen LogP contribution in [0, 0.1) is 10.1 Å². The number of para-hydroxylation sites is 1. The van der Waals surface area contributed by atoms with Crippen molar-refractivity contribution < 1.29 is 14.5 Å². The predicted molar refractivity (Wildman–Crippen MR) is 146 cm³/mol. The number of rotatable bonds is 11. The summed E-state index contributed by atoms with van der Waals surface area (Å²) in [7, 11) is 0. The standard InChI is InChI=1S/C28H29Cl2N3O4/c1-3-19(2)31-28(35)26(15-20-9-5-4-6-10-20)32(18-22-13-14-23(29)17-24(22)30)27(34)16-21-11-7-8-12-25(21)33(36)37/h4-14,17,19,26H,3,15-16,18H2,1-2H3,(H,31,35)/t19-,26+/m1/s1. The van der Waals surface area contributed by atoms with Crippen LogP contribution >= 0.6 is 23.2 Å². The second kappa shape index (κ2) is 13.2. The van der Waals surface area contributed by atoms with Crippen molar-refractivity contribution in [3.63, 3.8) is 0 Å². The van der Waals surface area contributed by atoms with Crippen LogP contribution in [0.4, 0.5) is 5.69 Å². The molecule has 0 heterocycles. The highest BCUT2D eigenvalue weighted by atomic mass is 35.5. The second-order valence-corrected chi connectivity index (χ2v) is 9.69. The van der Waals surface area contributed by atoms with E-state index in [9.17, 15) is 19.7 Å². The molecule has 194 valence electrons. The number of nitrogens with one attached hydrogen (secondary N) is 1. The van der Waals surface area contributed by atoms with Crippen molar-refractivity contribution in [3.05, 3.63) is 110 Å². The molecular weight excluding hydrogens is 513 g/mol. The summed E-state index contributed by atoms with van der Waals surface area (Å²) >= 11 is 12.5. The van der Waals surface area contributed by atoms with Gasteiger partial charge in [-0.25, -0.2) is 0 Å². The SMILES string of the molecule is CC[C@@H](C)NC(=O)[C@H](Cc1ccccc1)N(Cc1ccc(Cl)cc1Cl)C(=O)Cc1ccccc1[N+](=O)[O-]. The normalized spacial score (nSPS) is 12.4. The molecule has 0 aliphatic heterocycles. The second-order valence-electron chi connectivity index (χ2n) is 8.84. The van der Waals surface area contributed by atoms with Crippen LogP contribution in [0.5, 0.6) is 0 Å². The van der Waals surface area contributed by atoms with Crippen molar-refractivity contribution in [3.8, 4) is 0 Å². The molecule has 0 fully saturated rings. The van der Waals surface area contributed by atoms with E-state index in [-0.39, 0.29) is 42.6 Å². The first kappa shape index (κ1) is 28.2. The number of nitrogens with zero attached hydrogens (tertiary/aromatic N) is 2. The zero-order valence-electron chi connectivity index (χ0n) is 20.7. The molecule has 9 heteroatoms. The monoisotopic (exact) mass is 541 g/mol. The summed E-state index contributed by atoms with van der Waals surface area (Å²) in [5, 5.41) is 15.4. The lowest BCUT2D eigenvalue weighted by atomic mass is 10.0. The molecule has 3 rings (SSSR count). The van der Waals surface area contributed by atoms with Crippen LogP contribution in [0.2, 0.25) is 10.0 Å². The molecule has 0 aliphatic carbocycles. The summed E-state index contributed by atoms with van der Waals surface area (Å²) in [5.41, 5.74) is 1.60. The summed E-state index contributed by atoms with van der Waals surface area (Å²) < 4.78 is 0. The van der Waals surface area contributed by atoms with Crippen molar-refractivity contribution in [2.24, 2.45) is 0 Å². The molecular formula is C28H29Cl2N3O4. The number of nitro benzene ring substituents is 1. The third-order valence-corrected chi connectivity index (χ3v) is 6.74. The molecule has 7 nitrogen and oxygen atoms in total. The van der Waals surface area contributed by atoms with Gasteiger partial charge in [-0.2, -0.15) is 0 Å².